The highest BCUT2D eigenvalue weighted by molar-refractivity contribution is 5.85. The van der Waals surface area contributed by atoms with Crippen molar-refractivity contribution >= 4 is 16.5 Å². The Morgan fingerprint density at radius 1 is 1.04 bits per heavy atom. The molecule has 0 fully saturated rings. The van der Waals surface area contributed by atoms with Crippen LogP contribution in [0.3, 0.4) is 0 Å². The van der Waals surface area contributed by atoms with E-state index in [1.165, 1.54) is 40.6 Å². The summed E-state index contributed by atoms with van der Waals surface area (Å²) in [6.07, 6.45) is 8.03. The summed E-state index contributed by atoms with van der Waals surface area (Å²) in [5, 5.41) is 4.90. The maximum Gasteiger partial charge on any atom is 0.125 e. The fourth-order valence-corrected chi connectivity index (χ4v) is 4.90. The van der Waals surface area contributed by atoms with Gasteiger partial charge in [-0.1, -0.05) is 36.4 Å². The van der Waals surface area contributed by atoms with Gasteiger partial charge in [-0.15, -0.1) is 0 Å². The van der Waals surface area contributed by atoms with Crippen molar-refractivity contribution in [3.8, 4) is 0 Å². The lowest BCUT2D eigenvalue weighted by Crippen LogP contribution is -2.35. The molecule has 0 saturated carbocycles. The van der Waals surface area contributed by atoms with E-state index in [0.717, 1.165) is 31.3 Å². The molecule has 2 heterocycles. The maximum absolute atomic E-state index is 13.5. The van der Waals surface area contributed by atoms with E-state index in [1.54, 1.807) is 12.1 Å². The zero-order chi connectivity index (χ0) is 18.2. The Kier molecular flexibility index (Phi) is 4.33. The molecule has 1 aliphatic heterocycles. The molecule has 1 aromatic heterocycles. The predicted molar refractivity (Wildman–Crippen MR) is 109 cm³/mol. The molecular formula is C24H25FN2. The quantitative estimate of drug-likeness (QED) is 0.656. The van der Waals surface area contributed by atoms with Crippen LogP contribution in [0, 0.1) is 11.7 Å². The summed E-state index contributed by atoms with van der Waals surface area (Å²) in [5.74, 6) is 0.526. The number of H-pyrrole nitrogens is 1. The van der Waals surface area contributed by atoms with E-state index in [1.807, 2.05) is 6.07 Å². The SMILES string of the molecule is Fc1ccc2c3c([nH]c2c1)CCC(CC1CC(c2ccccc2)=CCN1)C3. The molecule has 0 saturated heterocycles. The smallest absolute Gasteiger partial charge is 0.125 e. The van der Waals surface area contributed by atoms with Gasteiger partial charge < -0.3 is 10.3 Å². The molecule has 2 unspecified atom stereocenters. The van der Waals surface area contributed by atoms with Crippen LogP contribution in [-0.2, 0) is 12.8 Å². The number of hydrogen-bond acceptors (Lipinski definition) is 1. The van der Waals surface area contributed by atoms with Crippen molar-refractivity contribution < 1.29 is 4.39 Å². The van der Waals surface area contributed by atoms with E-state index in [9.17, 15) is 4.39 Å². The largest absolute Gasteiger partial charge is 0.358 e. The van der Waals surface area contributed by atoms with E-state index in [-0.39, 0.29) is 5.82 Å². The van der Waals surface area contributed by atoms with Crippen LogP contribution in [0.2, 0.25) is 0 Å². The number of aromatic nitrogens is 1. The van der Waals surface area contributed by atoms with Gasteiger partial charge in [-0.05, 0) is 72.9 Å². The molecular weight excluding hydrogens is 335 g/mol. The van der Waals surface area contributed by atoms with E-state index in [2.05, 4.69) is 46.7 Å². The second-order valence-electron chi connectivity index (χ2n) is 8.02. The molecule has 2 atom stereocenters. The van der Waals surface area contributed by atoms with Gasteiger partial charge in [0.2, 0.25) is 0 Å². The summed E-state index contributed by atoms with van der Waals surface area (Å²) in [4.78, 5) is 3.44. The number of aromatic amines is 1. The van der Waals surface area contributed by atoms with Gasteiger partial charge in [0, 0.05) is 29.2 Å². The number of fused-ring (bicyclic) bond motifs is 3. The van der Waals surface area contributed by atoms with Gasteiger partial charge in [-0.25, -0.2) is 4.39 Å². The van der Waals surface area contributed by atoms with Crippen molar-refractivity contribution in [3.63, 3.8) is 0 Å². The van der Waals surface area contributed by atoms with Crippen LogP contribution in [0.5, 0.6) is 0 Å². The first-order chi connectivity index (χ1) is 13.3. The van der Waals surface area contributed by atoms with Crippen molar-refractivity contribution in [2.75, 3.05) is 6.54 Å². The Morgan fingerprint density at radius 3 is 2.81 bits per heavy atom. The van der Waals surface area contributed by atoms with Gasteiger partial charge in [0.05, 0.1) is 0 Å². The topological polar surface area (TPSA) is 27.8 Å². The van der Waals surface area contributed by atoms with E-state index in [0.29, 0.717) is 12.0 Å². The van der Waals surface area contributed by atoms with Crippen LogP contribution >= 0.6 is 0 Å². The van der Waals surface area contributed by atoms with Gasteiger partial charge in [-0.2, -0.15) is 0 Å². The molecule has 0 bridgehead atoms. The molecule has 2 aliphatic rings. The molecule has 0 radical (unpaired) electrons. The van der Waals surface area contributed by atoms with Crippen molar-refractivity contribution in [2.24, 2.45) is 5.92 Å². The van der Waals surface area contributed by atoms with Gasteiger partial charge >= 0.3 is 0 Å². The third-order valence-corrected chi connectivity index (χ3v) is 6.24. The standard InChI is InChI=1S/C24H25FN2/c25-19-7-8-21-22-13-16(6-9-23(22)27-24(21)15-19)12-20-14-18(10-11-26-20)17-4-2-1-3-5-17/h1-5,7-8,10,15-16,20,26-27H,6,9,11-14H2. The molecule has 1 aliphatic carbocycles. The highest BCUT2D eigenvalue weighted by atomic mass is 19.1. The Labute approximate surface area is 159 Å². The van der Waals surface area contributed by atoms with Crippen molar-refractivity contribution in [2.45, 2.75) is 38.1 Å². The molecule has 2 aromatic carbocycles. The number of halogens is 1. The molecule has 3 aromatic rings. The molecule has 138 valence electrons. The molecule has 2 nitrogen and oxygen atoms in total. The van der Waals surface area contributed by atoms with Crippen molar-refractivity contribution in [3.05, 3.63) is 77.2 Å². The molecule has 5 rings (SSSR count). The minimum absolute atomic E-state index is 0.163. The summed E-state index contributed by atoms with van der Waals surface area (Å²) < 4.78 is 13.5. The highest BCUT2D eigenvalue weighted by Gasteiger charge is 2.26. The minimum Gasteiger partial charge on any atom is -0.358 e. The van der Waals surface area contributed by atoms with Gasteiger partial charge in [0.1, 0.15) is 5.82 Å². The summed E-state index contributed by atoms with van der Waals surface area (Å²) in [5.41, 5.74) is 6.50. The Morgan fingerprint density at radius 2 is 1.93 bits per heavy atom. The number of nitrogens with one attached hydrogen (secondary N) is 2. The average molecular weight is 360 g/mol. The molecule has 2 N–H and O–H groups in total. The van der Waals surface area contributed by atoms with Crippen LogP contribution in [0.4, 0.5) is 4.39 Å². The zero-order valence-electron chi connectivity index (χ0n) is 15.5. The first-order valence-electron chi connectivity index (χ1n) is 10.0. The van der Waals surface area contributed by atoms with Gasteiger partial charge in [-0.3, -0.25) is 0 Å². The number of rotatable bonds is 3. The third-order valence-electron chi connectivity index (χ3n) is 6.24. The van der Waals surface area contributed by atoms with Gasteiger partial charge in [0.25, 0.3) is 0 Å². The van der Waals surface area contributed by atoms with Crippen LogP contribution in [0.15, 0.2) is 54.6 Å². The second kappa shape index (κ2) is 6.97. The summed E-state index contributed by atoms with van der Waals surface area (Å²) in [6, 6.07) is 16.4. The van der Waals surface area contributed by atoms with Crippen LogP contribution < -0.4 is 5.32 Å². The van der Waals surface area contributed by atoms with Crippen molar-refractivity contribution in [1.29, 1.82) is 0 Å². The van der Waals surface area contributed by atoms with E-state index in [4.69, 9.17) is 0 Å². The predicted octanol–water partition coefficient (Wildman–Crippen LogP) is 5.25. The van der Waals surface area contributed by atoms with Gasteiger partial charge in [0.15, 0.2) is 0 Å². The third kappa shape index (κ3) is 3.32. The Bertz CT molecular complexity index is 986. The average Bonchev–Trinajstić information content (AvgIpc) is 3.06. The van der Waals surface area contributed by atoms with Crippen molar-refractivity contribution in [1.82, 2.24) is 10.3 Å². The highest BCUT2D eigenvalue weighted by Crippen LogP contribution is 2.35. The normalized spacial score (nSPS) is 22.5. The molecule has 0 spiro atoms. The first kappa shape index (κ1) is 16.8. The summed E-state index contributed by atoms with van der Waals surface area (Å²) >= 11 is 0. The lowest BCUT2D eigenvalue weighted by Gasteiger charge is -2.30. The molecule has 27 heavy (non-hydrogen) atoms. The molecule has 0 amide bonds. The lowest BCUT2D eigenvalue weighted by atomic mass is 9.80. The second-order valence-corrected chi connectivity index (χ2v) is 8.02. The Balaban J connectivity index is 1.30. The minimum atomic E-state index is -0.163. The van der Waals surface area contributed by atoms with Crippen LogP contribution in [-0.4, -0.2) is 17.6 Å². The summed E-state index contributed by atoms with van der Waals surface area (Å²) in [6.45, 7) is 0.958. The van der Waals surface area contributed by atoms with Crippen LogP contribution in [0.1, 0.15) is 36.1 Å². The lowest BCUT2D eigenvalue weighted by molar-refractivity contribution is 0.356. The first-order valence-corrected chi connectivity index (χ1v) is 10.0. The number of aryl methyl sites for hydroxylation is 1. The zero-order valence-corrected chi connectivity index (χ0v) is 15.5. The van der Waals surface area contributed by atoms with E-state index >= 15 is 0 Å². The Hall–Kier alpha value is -2.39. The fraction of sp³-hybridized carbons (Fsp3) is 0.333. The number of benzene rings is 2. The maximum atomic E-state index is 13.5. The van der Waals surface area contributed by atoms with Crippen LogP contribution in [0.25, 0.3) is 16.5 Å². The van der Waals surface area contributed by atoms with E-state index < -0.39 is 0 Å². The fourth-order valence-electron chi connectivity index (χ4n) is 4.90. The number of hydrogen-bond donors (Lipinski definition) is 2. The summed E-state index contributed by atoms with van der Waals surface area (Å²) in [7, 11) is 0. The molecule has 3 heteroatoms. The monoisotopic (exact) mass is 360 g/mol.